The summed E-state index contributed by atoms with van der Waals surface area (Å²) in [6.45, 7) is 18.0. The summed E-state index contributed by atoms with van der Waals surface area (Å²) in [5.74, 6) is 1.79. The molecular weight excluding hydrogens is 465 g/mol. The molecule has 0 fully saturated rings. The fourth-order valence-corrected chi connectivity index (χ4v) is 2.77. The maximum absolute atomic E-state index is 9.20. The zero-order valence-corrected chi connectivity index (χ0v) is 19.6. The van der Waals surface area contributed by atoms with Gasteiger partial charge in [0.1, 0.15) is 23.6 Å². The second-order valence-electron chi connectivity index (χ2n) is 6.26. The molecule has 7 heteroatoms. The van der Waals surface area contributed by atoms with Crippen LogP contribution in [0.25, 0.3) is 9.69 Å². The third kappa shape index (κ3) is 5.09. The number of benzene rings is 3. The number of hydrogen-bond acceptors (Lipinski definition) is 4. The molecule has 145 valence electrons. The average Bonchev–Trinajstić information content (AvgIpc) is 2.78. The van der Waals surface area contributed by atoms with Gasteiger partial charge in [-0.05, 0) is 30.3 Å². The molecule has 1 radical (unpaired) electrons. The molecule has 0 N–H and O–H groups in total. The van der Waals surface area contributed by atoms with Crippen LogP contribution in [-0.2, 0) is 32.7 Å². The van der Waals surface area contributed by atoms with E-state index in [-0.39, 0.29) is 55.2 Å². The zero-order chi connectivity index (χ0) is 21.7. The molecule has 3 rings (SSSR count). The average molecular weight is 478 g/mol. The summed E-state index contributed by atoms with van der Waals surface area (Å²) >= 11 is 0. The summed E-state index contributed by atoms with van der Waals surface area (Å²) in [7, 11) is 0. The largest absolute Gasteiger partial charge is 0.484 e. The Morgan fingerprint density at radius 3 is 2.16 bits per heavy atom. The number of nitrogens with zero attached hydrogens (tertiary/aromatic N) is 4. The van der Waals surface area contributed by atoms with E-state index in [0.717, 1.165) is 5.56 Å². The predicted octanol–water partition coefficient (Wildman–Crippen LogP) is 6.53. The summed E-state index contributed by atoms with van der Waals surface area (Å²) < 4.78 is 11.9. The van der Waals surface area contributed by atoms with Crippen molar-refractivity contribution in [2.75, 3.05) is 0 Å². The third-order valence-electron chi connectivity index (χ3n) is 4.32. The Morgan fingerprint density at radius 2 is 1.52 bits per heavy atom. The fraction of sp³-hybridized carbons (Fsp3) is 0.0833. The number of hydrogen-bond donors (Lipinski definition) is 0. The Hall–Kier alpha value is -3.68. The van der Waals surface area contributed by atoms with E-state index in [1.807, 2.05) is 26.0 Å². The van der Waals surface area contributed by atoms with Gasteiger partial charge in [-0.15, -0.1) is 11.6 Å². The van der Waals surface area contributed by atoms with E-state index in [0.29, 0.717) is 28.6 Å². The molecule has 0 atom stereocenters. The standard InChI is InChI=1S/C24H13N4O2.Y/c1-15-5-10-23(29-19-7-6-17(13-25)18(11-19)14-26)16(2)24(15)30-20-8-9-21(27-3)22(12-20)28-4;/h5-9,11-12H,1-2H3;/q-1;. The van der Waals surface area contributed by atoms with Crippen molar-refractivity contribution in [1.82, 2.24) is 0 Å². The van der Waals surface area contributed by atoms with E-state index in [4.69, 9.17) is 27.9 Å². The molecule has 0 unspecified atom stereocenters. The molecular formula is C24H13N4O2Y-. The van der Waals surface area contributed by atoms with Crippen molar-refractivity contribution >= 4 is 11.4 Å². The van der Waals surface area contributed by atoms with E-state index in [9.17, 15) is 5.26 Å². The molecule has 0 aliphatic heterocycles. The minimum atomic E-state index is 0. The van der Waals surface area contributed by atoms with Crippen LogP contribution in [-0.4, -0.2) is 0 Å². The minimum absolute atomic E-state index is 0. The van der Waals surface area contributed by atoms with Crippen LogP contribution in [0.1, 0.15) is 22.3 Å². The number of nitriles is 2. The van der Waals surface area contributed by atoms with Crippen molar-refractivity contribution in [1.29, 1.82) is 10.5 Å². The molecule has 3 aromatic rings. The van der Waals surface area contributed by atoms with Gasteiger partial charge in [0.15, 0.2) is 11.4 Å². The summed E-state index contributed by atoms with van der Waals surface area (Å²) in [5.41, 5.74) is 2.48. The van der Waals surface area contributed by atoms with Crippen molar-refractivity contribution in [3.05, 3.63) is 93.6 Å². The van der Waals surface area contributed by atoms with Crippen molar-refractivity contribution in [3.8, 4) is 35.1 Å². The Labute approximate surface area is 205 Å². The quantitative estimate of drug-likeness (QED) is 0.400. The Kier molecular flexibility index (Phi) is 7.90. The van der Waals surface area contributed by atoms with Crippen molar-refractivity contribution < 1.29 is 42.2 Å². The molecule has 3 aromatic carbocycles. The third-order valence-corrected chi connectivity index (χ3v) is 4.32. The van der Waals surface area contributed by atoms with Crippen LogP contribution in [0.4, 0.5) is 11.4 Å². The molecule has 31 heavy (non-hydrogen) atoms. The molecule has 0 aliphatic rings. The normalized spacial score (nSPS) is 9.23. The van der Waals surface area contributed by atoms with Crippen LogP contribution in [0.2, 0.25) is 0 Å². The second kappa shape index (κ2) is 10.4. The van der Waals surface area contributed by atoms with Gasteiger partial charge in [-0.25, -0.2) is 4.85 Å². The van der Waals surface area contributed by atoms with Crippen molar-refractivity contribution in [2.45, 2.75) is 13.8 Å². The van der Waals surface area contributed by atoms with E-state index in [1.54, 1.807) is 24.3 Å². The van der Waals surface area contributed by atoms with Gasteiger partial charge < -0.3 is 9.47 Å². The van der Waals surface area contributed by atoms with Crippen molar-refractivity contribution in [2.24, 2.45) is 0 Å². The molecule has 0 heterocycles. The molecule has 0 spiro atoms. The first-order valence-electron chi connectivity index (χ1n) is 8.71. The van der Waals surface area contributed by atoms with E-state index in [2.05, 4.69) is 15.8 Å². The van der Waals surface area contributed by atoms with Gasteiger partial charge in [0.2, 0.25) is 0 Å². The summed E-state index contributed by atoms with van der Waals surface area (Å²) in [5, 5.41) is 18.2. The van der Waals surface area contributed by atoms with Crippen LogP contribution in [0, 0.1) is 55.7 Å². The van der Waals surface area contributed by atoms with Gasteiger partial charge in [-0.3, -0.25) is 4.85 Å². The molecule has 0 bridgehead atoms. The monoisotopic (exact) mass is 478 g/mol. The van der Waals surface area contributed by atoms with Crippen LogP contribution in [0.5, 0.6) is 23.0 Å². The summed E-state index contributed by atoms with van der Waals surface area (Å²) in [4.78, 5) is 6.69. The first kappa shape index (κ1) is 23.6. The Morgan fingerprint density at radius 1 is 0.871 bits per heavy atom. The first-order chi connectivity index (χ1) is 14.5. The number of aryl methyl sites for hydroxylation is 1. The molecule has 6 nitrogen and oxygen atoms in total. The summed E-state index contributed by atoms with van der Waals surface area (Å²) in [6, 6.07) is 18.1. The van der Waals surface area contributed by atoms with Crippen LogP contribution >= 0.6 is 0 Å². The van der Waals surface area contributed by atoms with Crippen LogP contribution in [0.15, 0.2) is 42.5 Å². The van der Waals surface area contributed by atoms with Gasteiger partial charge in [-0.2, -0.15) is 16.6 Å². The molecule has 0 saturated heterocycles. The van der Waals surface area contributed by atoms with Gasteiger partial charge in [-0.1, -0.05) is 25.5 Å². The van der Waals surface area contributed by atoms with E-state index in [1.165, 1.54) is 18.2 Å². The SMILES string of the molecule is [C-]#[N+]c1ccc(Oc2c(C)c[c-]c(Oc3ccc(C#N)c(C#N)c3)c2C)cc1[N+]#[C-].[Y]. The molecule has 0 amide bonds. The van der Waals surface area contributed by atoms with Gasteiger partial charge in [0.25, 0.3) is 0 Å². The maximum atomic E-state index is 9.20. The predicted molar refractivity (Wildman–Crippen MR) is 110 cm³/mol. The van der Waals surface area contributed by atoms with Crippen molar-refractivity contribution in [3.63, 3.8) is 0 Å². The van der Waals surface area contributed by atoms with E-state index < -0.39 is 0 Å². The number of ether oxygens (including phenoxy) is 2. The van der Waals surface area contributed by atoms with Crippen LogP contribution < -0.4 is 9.47 Å². The van der Waals surface area contributed by atoms with Gasteiger partial charge in [0.05, 0.1) is 24.3 Å². The Balaban J connectivity index is 0.00000341. The van der Waals surface area contributed by atoms with Gasteiger partial charge >= 0.3 is 0 Å². The van der Waals surface area contributed by atoms with Gasteiger partial charge in [0, 0.05) is 44.2 Å². The number of rotatable bonds is 4. The Bertz CT molecular complexity index is 1320. The second-order valence-corrected chi connectivity index (χ2v) is 6.26. The van der Waals surface area contributed by atoms with Crippen LogP contribution in [0.3, 0.4) is 0 Å². The topological polar surface area (TPSA) is 74.8 Å². The summed E-state index contributed by atoms with van der Waals surface area (Å²) in [6.07, 6.45) is 0. The molecule has 0 saturated carbocycles. The van der Waals surface area contributed by atoms with E-state index >= 15 is 0 Å². The zero-order valence-electron chi connectivity index (χ0n) is 16.7. The minimum Gasteiger partial charge on any atom is -0.484 e. The molecule has 0 aliphatic carbocycles. The first-order valence-corrected chi connectivity index (χ1v) is 8.71. The maximum Gasteiger partial charge on any atom is 0.198 e. The molecule has 0 aromatic heterocycles. The fourth-order valence-electron chi connectivity index (χ4n) is 2.77. The smallest absolute Gasteiger partial charge is 0.198 e.